The van der Waals surface area contributed by atoms with Crippen molar-refractivity contribution in [2.24, 2.45) is 0 Å². The van der Waals surface area contributed by atoms with Gasteiger partial charge in [-0.1, -0.05) is 18.2 Å². The predicted octanol–water partition coefficient (Wildman–Crippen LogP) is 3.12. The largest absolute Gasteiger partial charge is 0.468 e. The van der Waals surface area contributed by atoms with Gasteiger partial charge in [0.05, 0.1) is 18.1 Å². The first kappa shape index (κ1) is 18.9. The molecule has 1 N–H and O–H groups in total. The molecule has 0 aromatic carbocycles. The maximum absolute atomic E-state index is 12.3. The number of hydrogen-bond acceptors (Lipinski definition) is 6. The van der Waals surface area contributed by atoms with Gasteiger partial charge in [-0.15, -0.1) is 0 Å². The van der Waals surface area contributed by atoms with Crippen LogP contribution < -0.4 is 5.32 Å². The zero-order valence-electron chi connectivity index (χ0n) is 15.4. The summed E-state index contributed by atoms with van der Waals surface area (Å²) >= 11 is 1.37. The molecule has 1 atom stereocenters. The van der Waals surface area contributed by atoms with Crippen molar-refractivity contribution in [1.82, 2.24) is 20.2 Å². The van der Waals surface area contributed by atoms with Crippen molar-refractivity contribution in [3.8, 4) is 0 Å². The molecule has 2 aromatic heterocycles. The number of furan rings is 1. The van der Waals surface area contributed by atoms with E-state index in [1.807, 2.05) is 32.0 Å². The zero-order chi connectivity index (χ0) is 18.4. The molecule has 0 aliphatic carbocycles. The molecule has 0 unspecified atom stereocenters. The summed E-state index contributed by atoms with van der Waals surface area (Å²) in [7, 11) is 0. The summed E-state index contributed by atoms with van der Waals surface area (Å²) < 4.78 is 5.62. The van der Waals surface area contributed by atoms with E-state index in [0.717, 1.165) is 30.2 Å². The fourth-order valence-corrected chi connectivity index (χ4v) is 4.05. The fourth-order valence-electron chi connectivity index (χ4n) is 3.27. The van der Waals surface area contributed by atoms with Crippen molar-refractivity contribution in [3.63, 3.8) is 0 Å². The van der Waals surface area contributed by atoms with Crippen LogP contribution >= 0.6 is 11.8 Å². The van der Waals surface area contributed by atoms with E-state index in [2.05, 4.69) is 20.2 Å². The first-order chi connectivity index (χ1) is 12.6. The van der Waals surface area contributed by atoms with Gasteiger partial charge in [0.1, 0.15) is 5.76 Å². The van der Waals surface area contributed by atoms with Gasteiger partial charge in [-0.2, -0.15) is 0 Å². The van der Waals surface area contributed by atoms with E-state index in [9.17, 15) is 4.79 Å². The van der Waals surface area contributed by atoms with E-state index >= 15 is 0 Å². The molecular weight excluding hydrogens is 348 g/mol. The summed E-state index contributed by atoms with van der Waals surface area (Å²) in [6.45, 7) is 6.52. The van der Waals surface area contributed by atoms with E-state index in [4.69, 9.17) is 4.42 Å². The number of thioether (sulfide) groups is 1. The Balaban J connectivity index is 1.53. The highest BCUT2D eigenvalue weighted by atomic mass is 32.2. The number of piperidine rings is 1. The van der Waals surface area contributed by atoms with E-state index in [0.29, 0.717) is 17.5 Å². The molecule has 0 spiro atoms. The van der Waals surface area contributed by atoms with Crippen LogP contribution in [0.25, 0.3) is 0 Å². The number of amides is 1. The third kappa shape index (κ3) is 5.32. The van der Waals surface area contributed by atoms with Crippen LogP contribution in [-0.2, 0) is 4.79 Å². The molecule has 0 bridgehead atoms. The van der Waals surface area contributed by atoms with E-state index in [-0.39, 0.29) is 11.9 Å². The maximum Gasteiger partial charge on any atom is 0.230 e. The summed E-state index contributed by atoms with van der Waals surface area (Å²) in [5.74, 6) is 1.22. The second-order valence-electron chi connectivity index (χ2n) is 6.65. The summed E-state index contributed by atoms with van der Waals surface area (Å²) in [6, 6.07) is 5.92. The monoisotopic (exact) mass is 374 g/mol. The molecule has 6 nitrogen and oxygen atoms in total. The lowest BCUT2D eigenvalue weighted by Crippen LogP contribution is -2.40. The Morgan fingerprint density at radius 2 is 2.00 bits per heavy atom. The van der Waals surface area contributed by atoms with Crippen LogP contribution in [0.5, 0.6) is 0 Å². The van der Waals surface area contributed by atoms with Gasteiger partial charge in [0.25, 0.3) is 0 Å². The molecule has 140 valence electrons. The average Bonchev–Trinajstić information content (AvgIpc) is 3.15. The second kappa shape index (κ2) is 9.19. The van der Waals surface area contributed by atoms with Crippen LogP contribution in [0.3, 0.4) is 0 Å². The fraction of sp³-hybridized carbons (Fsp3) is 0.526. The SMILES string of the molecule is Cc1cc(C)nc(SCC(=O)NC[C@H](c2ccco2)N2CCCCC2)n1. The Morgan fingerprint density at radius 1 is 1.27 bits per heavy atom. The number of nitrogens with zero attached hydrogens (tertiary/aromatic N) is 3. The van der Waals surface area contributed by atoms with Gasteiger partial charge in [-0.3, -0.25) is 9.69 Å². The van der Waals surface area contributed by atoms with E-state index in [1.54, 1.807) is 6.26 Å². The second-order valence-corrected chi connectivity index (χ2v) is 7.60. The van der Waals surface area contributed by atoms with Gasteiger partial charge in [-0.05, 0) is 58.0 Å². The Labute approximate surface area is 158 Å². The minimum absolute atomic E-state index is 0.00803. The number of aryl methyl sites for hydroxylation is 2. The summed E-state index contributed by atoms with van der Waals surface area (Å²) in [5.41, 5.74) is 1.84. The van der Waals surface area contributed by atoms with Crippen LogP contribution in [0.15, 0.2) is 34.0 Å². The average molecular weight is 375 g/mol. The number of likely N-dealkylation sites (tertiary alicyclic amines) is 1. The minimum Gasteiger partial charge on any atom is -0.468 e. The molecule has 0 saturated carbocycles. The number of hydrogen-bond donors (Lipinski definition) is 1. The zero-order valence-corrected chi connectivity index (χ0v) is 16.2. The smallest absolute Gasteiger partial charge is 0.230 e. The molecule has 1 aliphatic rings. The standard InChI is InChI=1S/C19H26N4O2S/c1-14-11-15(2)22-19(21-14)26-13-18(24)20-12-16(17-7-6-10-25-17)23-8-4-3-5-9-23/h6-7,10-11,16H,3-5,8-9,12-13H2,1-2H3,(H,20,24)/t16-/m1/s1. The van der Waals surface area contributed by atoms with Crippen molar-refractivity contribution < 1.29 is 9.21 Å². The van der Waals surface area contributed by atoms with Gasteiger partial charge in [0.15, 0.2) is 5.16 Å². The van der Waals surface area contributed by atoms with Gasteiger partial charge < -0.3 is 9.73 Å². The van der Waals surface area contributed by atoms with Crippen LogP contribution in [0.1, 0.15) is 42.5 Å². The third-order valence-electron chi connectivity index (χ3n) is 4.49. The molecule has 1 fully saturated rings. The number of rotatable bonds is 7. The molecule has 2 aromatic rings. The van der Waals surface area contributed by atoms with Crippen molar-refractivity contribution in [2.75, 3.05) is 25.4 Å². The Bertz CT molecular complexity index is 694. The third-order valence-corrected chi connectivity index (χ3v) is 5.34. The minimum atomic E-state index is -0.00803. The number of aromatic nitrogens is 2. The highest BCUT2D eigenvalue weighted by Crippen LogP contribution is 2.24. The van der Waals surface area contributed by atoms with Crippen LogP contribution in [0.2, 0.25) is 0 Å². The molecule has 7 heteroatoms. The summed E-state index contributed by atoms with van der Waals surface area (Å²) in [5, 5.41) is 3.70. The lowest BCUT2D eigenvalue weighted by molar-refractivity contribution is -0.118. The molecule has 3 rings (SSSR count). The quantitative estimate of drug-likeness (QED) is 0.593. The first-order valence-corrected chi connectivity index (χ1v) is 10.1. The van der Waals surface area contributed by atoms with Crippen LogP contribution in [0.4, 0.5) is 0 Å². The van der Waals surface area contributed by atoms with Gasteiger partial charge >= 0.3 is 0 Å². The van der Waals surface area contributed by atoms with Crippen LogP contribution in [0, 0.1) is 13.8 Å². The molecular formula is C19H26N4O2S. The van der Waals surface area contributed by atoms with Crippen molar-refractivity contribution >= 4 is 17.7 Å². The predicted molar refractivity (Wildman–Crippen MR) is 102 cm³/mol. The Kier molecular flexibility index (Phi) is 6.68. The van der Waals surface area contributed by atoms with Gasteiger partial charge in [0, 0.05) is 17.9 Å². The lowest BCUT2D eigenvalue weighted by Gasteiger charge is -2.33. The highest BCUT2D eigenvalue weighted by molar-refractivity contribution is 7.99. The first-order valence-electron chi connectivity index (χ1n) is 9.11. The maximum atomic E-state index is 12.3. The molecule has 1 aliphatic heterocycles. The van der Waals surface area contributed by atoms with Crippen molar-refractivity contribution in [1.29, 1.82) is 0 Å². The Morgan fingerprint density at radius 3 is 2.65 bits per heavy atom. The summed E-state index contributed by atoms with van der Waals surface area (Å²) in [4.78, 5) is 23.4. The number of carbonyl (C=O) groups excluding carboxylic acids is 1. The van der Waals surface area contributed by atoms with Gasteiger partial charge in [-0.25, -0.2) is 9.97 Å². The van der Waals surface area contributed by atoms with E-state index in [1.165, 1.54) is 31.0 Å². The Hall–Kier alpha value is -1.86. The number of nitrogens with one attached hydrogen (secondary N) is 1. The molecule has 0 radical (unpaired) electrons. The molecule has 1 amide bonds. The molecule has 3 heterocycles. The molecule has 26 heavy (non-hydrogen) atoms. The normalized spacial score (nSPS) is 16.4. The van der Waals surface area contributed by atoms with Gasteiger partial charge in [0.2, 0.25) is 5.91 Å². The highest BCUT2D eigenvalue weighted by Gasteiger charge is 2.24. The lowest BCUT2D eigenvalue weighted by atomic mass is 10.1. The summed E-state index contributed by atoms with van der Waals surface area (Å²) in [6.07, 6.45) is 5.37. The molecule has 1 saturated heterocycles. The van der Waals surface area contributed by atoms with E-state index < -0.39 is 0 Å². The van der Waals surface area contributed by atoms with Crippen molar-refractivity contribution in [3.05, 3.63) is 41.6 Å². The topological polar surface area (TPSA) is 71.3 Å². The van der Waals surface area contributed by atoms with Crippen molar-refractivity contribution in [2.45, 2.75) is 44.3 Å². The number of carbonyl (C=O) groups is 1. The van der Waals surface area contributed by atoms with Crippen LogP contribution in [-0.4, -0.2) is 46.2 Å².